The lowest BCUT2D eigenvalue weighted by Crippen LogP contribution is -2.12. The SMILES string of the molecule is Cc1cc(N2c3ccccc3C=Cc3ccccc32)cc(C)c1C=O. The van der Waals surface area contributed by atoms with Crippen LogP contribution in [0.15, 0.2) is 60.7 Å². The van der Waals surface area contributed by atoms with E-state index in [4.69, 9.17) is 0 Å². The van der Waals surface area contributed by atoms with Crippen molar-refractivity contribution in [2.75, 3.05) is 4.90 Å². The van der Waals surface area contributed by atoms with E-state index >= 15 is 0 Å². The molecule has 0 unspecified atom stereocenters. The third-order valence-electron chi connectivity index (χ3n) is 4.75. The molecule has 3 aromatic carbocycles. The molecule has 0 aliphatic carbocycles. The Morgan fingerprint density at radius 3 is 1.72 bits per heavy atom. The summed E-state index contributed by atoms with van der Waals surface area (Å²) in [7, 11) is 0. The monoisotopic (exact) mass is 325 g/mol. The predicted molar refractivity (Wildman–Crippen MR) is 105 cm³/mol. The number of hydrogen-bond acceptors (Lipinski definition) is 2. The molecule has 1 aliphatic rings. The molecule has 0 bridgehead atoms. The van der Waals surface area contributed by atoms with Crippen LogP contribution in [0.2, 0.25) is 0 Å². The molecular weight excluding hydrogens is 306 g/mol. The van der Waals surface area contributed by atoms with Crippen LogP contribution in [0.25, 0.3) is 12.2 Å². The number of benzene rings is 3. The van der Waals surface area contributed by atoms with E-state index in [1.165, 1.54) is 11.1 Å². The molecule has 1 heterocycles. The molecule has 2 nitrogen and oxygen atoms in total. The number of carbonyl (C=O) groups excluding carboxylic acids is 1. The molecule has 0 radical (unpaired) electrons. The molecule has 3 aromatic rings. The first-order valence-corrected chi connectivity index (χ1v) is 8.42. The van der Waals surface area contributed by atoms with Crippen LogP contribution in [-0.2, 0) is 0 Å². The first kappa shape index (κ1) is 15.4. The average Bonchev–Trinajstić information content (AvgIpc) is 2.78. The number of aryl methyl sites for hydroxylation is 2. The van der Waals surface area contributed by atoms with Gasteiger partial charge < -0.3 is 4.90 Å². The molecule has 0 N–H and O–H groups in total. The minimum atomic E-state index is 0.776. The quantitative estimate of drug-likeness (QED) is 0.417. The molecule has 0 aromatic heterocycles. The molecule has 0 amide bonds. The van der Waals surface area contributed by atoms with Crippen molar-refractivity contribution >= 4 is 35.5 Å². The van der Waals surface area contributed by atoms with Gasteiger partial charge >= 0.3 is 0 Å². The summed E-state index contributed by atoms with van der Waals surface area (Å²) in [5.74, 6) is 0. The second-order valence-corrected chi connectivity index (χ2v) is 6.40. The van der Waals surface area contributed by atoms with E-state index in [1.54, 1.807) is 0 Å². The van der Waals surface area contributed by atoms with Gasteiger partial charge in [-0.25, -0.2) is 0 Å². The molecule has 0 fully saturated rings. The Morgan fingerprint density at radius 2 is 1.24 bits per heavy atom. The summed E-state index contributed by atoms with van der Waals surface area (Å²) in [4.78, 5) is 13.6. The minimum Gasteiger partial charge on any atom is -0.309 e. The zero-order valence-corrected chi connectivity index (χ0v) is 14.4. The van der Waals surface area contributed by atoms with E-state index in [1.807, 2.05) is 13.8 Å². The third-order valence-corrected chi connectivity index (χ3v) is 4.75. The molecule has 122 valence electrons. The zero-order valence-electron chi connectivity index (χ0n) is 14.4. The van der Waals surface area contributed by atoms with E-state index in [0.29, 0.717) is 0 Å². The number of nitrogens with zero attached hydrogens (tertiary/aromatic N) is 1. The fraction of sp³-hybridized carbons (Fsp3) is 0.0870. The van der Waals surface area contributed by atoms with Crippen molar-refractivity contribution in [3.63, 3.8) is 0 Å². The van der Waals surface area contributed by atoms with Gasteiger partial charge in [-0.1, -0.05) is 48.6 Å². The second-order valence-electron chi connectivity index (χ2n) is 6.40. The van der Waals surface area contributed by atoms with Crippen LogP contribution in [-0.4, -0.2) is 6.29 Å². The third kappa shape index (κ3) is 2.56. The van der Waals surface area contributed by atoms with Gasteiger partial charge in [-0.2, -0.15) is 0 Å². The first-order valence-electron chi connectivity index (χ1n) is 8.42. The average molecular weight is 325 g/mol. The maximum Gasteiger partial charge on any atom is 0.150 e. The number of hydrogen-bond donors (Lipinski definition) is 0. The van der Waals surface area contributed by atoms with Gasteiger partial charge in [-0.3, -0.25) is 4.79 Å². The van der Waals surface area contributed by atoms with Gasteiger partial charge in [0.2, 0.25) is 0 Å². The van der Waals surface area contributed by atoms with Crippen LogP contribution >= 0.6 is 0 Å². The summed E-state index contributed by atoms with van der Waals surface area (Å²) >= 11 is 0. The Balaban J connectivity index is 2.01. The van der Waals surface area contributed by atoms with Crippen LogP contribution < -0.4 is 4.90 Å². The van der Waals surface area contributed by atoms with Gasteiger partial charge in [0.25, 0.3) is 0 Å². The Labute approximate surface area is 148 Å². The van der Waals surface area contributed by atoms with Crippen molar-refractivity contribution in [1.29, 1.82) is 0 Å². The van der Waals surface area contributed by atoms with E-state index in [0.717, 1.165) is 40.0 Å². The van der Waals surface area contributed by atoms with Crippen LogP contribution in [0.4, 0.5) is 17.1 Å². The standard InChI is InChI=1S/C23H19NO/c1-16-13-20(14-17(2)21(16)15-25)24-22-9-5-3-7-18(22)11-12-19-8-4-6-10-23(19)24/h3-15H,1-2H3. The predicted octanol–water partition coefficient (Wildman–Crippen LogP) is 6.07. The summed E-state index contributed by atoms with van der Waals surface area (Å²) in [5, 5.41) is 0. The number of aldehydes is 1. The zero-order chi connectivity index (χ0) is 17.4. The molecule has 2 heteroatoms. The molecule has 0 saturated heterocycles. The summed E-state index contributed by atoms with van der Waals surface area (Å²) < 4.78 is 0. The molecule has 0 atom stereocenters. The number of fused-ring (bicyclic) bond motifs is 2. The highest BCUT2D eigenvalue weighted by atomic mass is 16.1. The van der Waals surface area contributed by atoms with E-state index in [-0.39, 0.29) is 0 Å². The van der Waals surface area contributed by atoms with Crippen LogP contribution in [0, 0.1) is 13.8 Å². The molecule has 0 spiro atoms. The van der Waals surface area contributed by atoms with Crippen molar-refractivity contribution in [3.05, 3.63) is 88.5 Å². The minimum absolute atomic E-state index is 0.776. The highest BCUT2D eigenvalue weighted by Crippen LogP contribution is 2.42. The van der Waals surface area contributed by atoms with Crippen LogP contribution in [0.5, 0.6) is 0 Å². The summed E-state index contributed by atoms with van der Waals surface area (Å²) in [6.45, 7) is 3.99. The lowest BCUT2D eigenvalue weighted by molar-refractivity contribution is 0.112. The van der Waals surface area contributed by atoms with Crippen molar-refractivity contribution in [1.82, 2.24) is 0 Å². The number of para-hydroxylation sites is 2. The van der Waals surface area contributed by atoms with Crippen LogP contribution in [0.3, 0.4) is 0 Å². The normalized spacial score (nSPS) is 12.3. The molecule has 25 heavy (non-hydrogen) atoms. The number of carbonyl (C=O) groups is 1. The van der Waals surface area contributed by atoms with Gasteiger partial charge in [0, 0.05) is 11.3 Å². The van der Waals surface area contributed by atoms with Crippen LogP contribution in [0.1, 0.15) is 32.6 Å². The van der Waals surface area contributed by atoms with Gasteiger partial charge in [0.15, 0.2) is 6.29 Å². The summed E-state index contributed by atoms with van der Waals surface area (Å²) in [6, 6.07) is 21.0. The highest BCUT2D eigenvalue weighted by molar-refractivity contribution is 5.94. The Morgan fingerprint density at radius 1 is 0.760 bits per heavy atom. The topological polar surface area (TPSA) is 20.3 Å². The van der Waals surface area contributed by atoms with Crippen molar-refractivity contribution in [2.45, 2.75) is 13.8 Å². The highest BCUT2D eigenvalue weighted by Gasteiger charge is 2.20. The maximum absolute atomic E-state index is 11.4. The first-order chi connectivity index (χ1) is 12.2. The fourth-order valence-corrected chi connectivity index (χ4v) is 3.52. The van der Waals surface area contributed by atoms with E-state index in [2.05, 4.69) is 77.7 Å². The van der Waals surface area contributed by atoms with Gasteiger partial charge in [0.1, 0.15) is 0 Å². The summed E-state index contributed by atoms with van der Waals surface area (Å²) in [5.41, 5.74) is 8.47. The lowest BCUT2D eigenvalue weighted by Gasteiger charge is -2.28. The van der Waals surface area contributed by atoms with E-state index in [9.17, 15) is 4.79 Å². The van der Waals surface area contributed by atoms with Gasteiger partial charge in [-0.05, 0) is 60.4 Å². The number of anilines is 3. The van der Waals surface area contributed by atoms with Crippen molar-refractivity contribution < 1.29 is 4.79 Å². The fourth-order valence-electron chi connectivity index (χ4n) is 3.52. The molecule has 0 saturated carbocycles. The molecule has 1 aliphatic heterocycles. The van der Waals surface area contributed by atoms with E-state index < -0.39 is 0 Å². The maximum atomic E-state index is 11.4. The largest absolute Gasteiger partial charge is 0.309 e. The smallest absolute Gasteiger partial charge is 0.150 e. The number of rotatable bonds is 2. The van der Waals surface area contributed by atoms with Crippen molar-refractivity contribution in [3.8, 4) is 0 Å². The van der Waals surface area contributed by atoms with Gasteiger partial charge in [-0.15, -0.1) is 0 Å². The molecular formula is C23H19NO. The molecule has 4 rings (SSSR count). The Hall–Kier alpha value is -3.13. The van der Waals surface area contributed by atoms with Gasteiger partial charge in [0.05, 0.1) is 11.4 Å². The second kappa shape index (κ2) is 6.06. The van der Waals surface area contributed by atoms with Crippen molar-refractivity contribution in [2.24, 2.45) is 0 Å². The Kier molecular flexibility index (Phi) is 3.73. The summed E-state index contributed by atoms with van der Waals surface area (Å²) in [6.07, 6.45) is 5.27. The Bertz CT molecular complexity index is 928. The lowest BCUT2D eigenvalue weighted by atomic mass is 10.0.